The maximum absolute atomic E-state index is 5.62. The molecule has 1 saturated heterocycles. The minimum atomic E-state index is 0.310. The van der Waals surface area contributed by atoms with Crippen LogP contribution >= 0.6 is 0 Å². The fourth-order valence-corrected chi connectivity index (χ4v) is 2.29. The summed E-state index contributed by atoms with van der Waals surface area (Å²) in [4.78, 5) is 4.58. The third-order valence-corrected chi connectivity index (χ3v) is 3.28. The third kappa shape index (κ3) is 2.03. The zero-order valence-corrected chi connectivity index (χ0v) is 9.76. The summed E-state index contributed by atoms with van der Waals surface area (Å²) in [6, 6.07) is 4.30. The van der Waals surface area contributed by atoms with Crippen LogP contribution in [0.5, 0.6) is 0 Å². The van der Waals surface area contributed by atoms with E-state index in [1.54, 1.807) is 0 Å². The van der Waals surface area contributed by atoms with E-state index in [-0.39, 0.29) is 0 Å². The standard InChI is InChI=1S/C12H17N5/c13-8-9-4-6-17-11(7-9)15-12(16-17)10-3-1-2-5-14-10/h4,6-7,10,14H,1-3,5,8,13H2. The summed E-state index contributed by atoms with van der Waals surface area (Å²) >= 11 is 0. The molecule has 1 fully saturated rings. The molecular formula is C12H17N5. The highest BCUT2D eigenvalue weighted by molar-refractivity contribution is 5.40. The van der Waals surface area contributed by atoms with Crippen molar-refractivity contribution >= 4 is 5.65 Å². The molecular weight excluding hydrogens is 214 g/mol. The minimum Gasteiger partial charge on any atom is -0.326 e. The van der Waals surface area contributed by atoms with E-state index in [4.69, 9.17) is 5.73 Å². The van der Waals surface area contributed by atoms with Gasteiger partial charge in [0.1, 0.15) is 0 Å². The fourth-order valence-electron chi connectivity index (χ4n) is 2.29. The van der Waals surface area contributed by atoms with Gasteiger partial charge in [-0.2, -0.15) is 0 Å². The number of fused-ring (bicyclic) bond motifs is 1. The summed E-state index contributed by atoms with van der Waals surface area (Å²) < 4.78 is 1.82. The molecule has 3 heterocycles. The molecule has 17 heavy (non-hydrogen) atoms. The van der Waals surface area contributed by atoms with Crippen molar-refractivity contribution in [1.29, 1.82) is 0 Å². The summed E-state index contributed by atoms with van der Waals surface area (Å²) in [5.41, 5.74) is 7.60. The first-order valence-corrected chi connectivity index (χ1v) is 6.15. The van der Waals surface area contributed by atoms with Gasteiger partial charge in [-0.05, 0) is 37.1 Å². The van der Waals surface area contributed by atoms with Crippen molar-refractivity contribution in [3.8, 4) is 0 Å². The van der Waals surface area contributed by atoms with E-state index in [1.165, 1.54) is 12.8 Å². The van der Waals surface area contributed by atoms with Gasteiger partial charge in [0.2, 0.25) is 0 Å². The Bertz CT molecular complexity index is 513. The molecule has 0 radical (unpaired) electrons. The SMILES string of the molecule is NCc1ccn2nc(C3CCCCN3)nc2c1. The summed E-state index contributed by atoms with van der Waals surface area (Å²) in [6.07, 6.45) is 5.56. The van der Waals surface area contributed by atoms with Crippen molar-refractivity contribution in [2.75, 3.05) is 6.54 Å². The van der Waals surface area contributed by atoms with Crippen LogP contribution < -0.4 is 11.1 Å². The molecule has 2 aromatic rings. The van der Waals surface area contributed by atoms with Crippen LogP contribution in [0.2, 0.25) is 0 Å². The number of rotatable bonds is 2. The number of nitrogens with two attached hydrogens (primary N) is 1. The van der Waals surface area contributed by atoms with Gasteiger partial charge in [-0.15, -0.1) is 5.10 Å². The molecule has 0 saturated carbocycles. The Labute approximate surface area is 100 Å². The molecule has 1 unspecified atom stereocenters. The van der Waals surface area contributed by atoms with Crippen LogP contribution in [0.1, 0.15) is 36.7 Å². The Balaban J connectivity index is 1.95. The number of piperidine rings is 1. The molecule has 1 atom stereocenters. The molecule has 2 aromatic heterocycles. The number of nitrogens with zero attached hydrogens (tertiary/aromatic N) is 3. The lowest BCUT2D eigenvalue weighted by Gasteiger charge is -2.20. The Kier molecular flexibility index (Phi) is 2.78. The van der Waals surface area contributed by atoms with Crippen molar-refractivity contribution in [2.45, 2.75) is 31.8 Å². The van der Waals surface area contributed by atoms with Crippen LogP contribution in [0, 0.1) is 0 Å². The van der Waals surface area contributed by atoms with Gasteiger partial charge < -0.3 is 11.1 Å². The fraction of sp³-hybridized carbons (Fsp3) is 0.500. The average molecular weight is 231 g/mol. The quantitative estimate of drug-likeness (QED) is 0.809. The van der Waals surface area contributed by atoms with Crippen molar-refractivity contribution < 1.29 is 0 Å². The Hall–Kier alpha value is -1.46. The lowest BCUT2D eigenvalue weighted by Crippen LogP contribution is -2.27. The lowest BCUT2D eigenvalue weighted by molar-refractivity contribution is 0.397. The highest BCUT2D eigenvalue weighted by Gasteiger charge is 2.19. The first kappa shape index (κ1) is 10.7. The van der Waals surface area contributed by atoms with Gasteiger partial charge >= 0.3 is 0 Å². The van der Waals surface area contributed by atoms with Crippen molar-refractivity contribution in [3.05, 3.63) is 29.7 Å². The van der Waals surface area contributed by atoms with Crippen LogP contribution in [0.3, 0.4) is 0 Å². The minimum absolute atomic E-state index is 0.310. The predicted molar refractivity (Wildman–Crippen MR) is 65.5 cm³/mol. The summed E-state index contributed by atoms with van der Waals surface area (Å²) in [5.74, 6) is 0.902. The van der Waals surface area contributed by atoms with Crippen LogP contribution in [-0.2, 0) is 6.54 Å². The molecule has 0 aromatic carbocycles. The van der Waals surface area contributed by atoms with Crippen molar-refractivity contribution in [2.24, 2.45) is 5.73 Å². The average Bonchev–Trinajstić information content (AvgIpc) is 2.82. The zero-order valence-electron chi connectivity index (χ0n) is 9.76. The van der Waals surface area contributed by atoms with Gasteiger partial charge in [-0.25, -0.2) is 9.50 Å². The summed E-state index contributed by atoms with van der Waals surface area (Å²) in [7, 11) is 0. The Morgan fingerprint density at radius 3 is 3.18 bits per heavy atom. The highest BCUT2D eigenvalue weighted by atomic mass is 15.3. The molecule has 0 aliphatic carbocycles. The monoisotopic (exact) mass is 231 g/mol. The maximum Gasteiger partial charge on any atom is 0.168 e. The second-order valence-electron chi connectivity index (χ2n) is 4.51. The highest BCUT2D eigenvalue weighted by Crippen LogP contribution is 2.20. The van der Waals surface area contributed by atoms with Crippen LogP contribution in [0.15, 0.2) is 18.3 Å². The van der Waals surface area contributed by atoms with E-state index in [1.807, 2.05) is 22.8 Å². The summed E-state index contributed by atoms with van der Waals surface area (Å²) in [5, 5.41) is 7.98. The van der Waals surface area contributed by atoms with Crippen molar-refractivity contribution in [3.63, 3.8) is 0 Å². The van der Waals surface area contributed by atoms with Gasteiger partial charge in [0.25, 0.3) is 0 Å². The Morgan fingerprint density at radius 2 is 2.41 bits per heavy atom. The molecule has 1 aliphatic heterocycles. The smallest absolute Gasteiger partial charge is 0.168 e. The molecule has 0 bridgehead atoms. The van der Waals surface area contributed by atoms with E-state index >= 15 is 0 Å². The van der Waals surface area contributed by atoms with Gasteiger partial charge in [0.15, 0.2) is 11.5 Å². The Morgan fingerprint density at radius 1 is 1.47 bits per heavy atom. The van der Waals surface area contributed by atoms with Crippen LogP contribution in [-0.4, -0.2) is 21.1 Å². The number of hydrogen-bond donors (Lipinski definition) is 2. The second kappa shape index (κ2) is 4.43. The van der Waals surface area contributed by atoms with Gasteiger partial charge in [-0.1, -0.05) is 6.42 Å². The van der Waals surface area contributed by atoms with E-state index in [9.17, 15) is 0 Å². The van der Waals surface area contributed by atoms with Gasteiger partial charge in [0.05, 0.1) is 6.04 Å². The van der Waals surface area contributed by atoms with Crippen LogP contribution in [0.4, 0.5) is 0 Å². The molecule has 0 amide bonds. The van der Waals surface area contributed by atoms with Crippen molar-refractivity contribution in [1.82, 2.24) is 19.9 Å². The summed E-state index contributed by atoms with van der Waals surface area (Å²) in [6.45, 7) is 1.61. The number of nitrogens with one attached hydrogen (secondary N) is 1. The molecule has 3 rings (SSSR count). The second-order valence-corrected chi connectivity index (χ2v) is 4.51. The number of aromatic nitrogens is 3. The van der Waals surface area contributed by atoms with Crippen LogP contribution in [0.25, 0.3) is 5.65 Å². The van der Waals surface area contributed by atoms with Gasteiger partial charge in [-0.3, -0.25) is 0 Å². The molecule has 1 aliphatic rings. The largest absolute Gasteiger partial charge is 0.326 e. The van der Waals surface area contributed by atoms with E-state index < -0.39 is 0 Å². The molecule has 0 spiro atoms. The maximum atomic E-state index is 5.62. The molecule has 3 N–H and O–H groups in total. The normalized spacial score (nSPS) is 20.9. The van der Waals surface area contributed by atoms with E-state index in [0.717, 1.165) is 30.0 Å². The number of hydrogen-bond acceptors (Lipinski definition) is 4. The first-order valence-electron chi connectivity index (χ1n) is 6.15. The zero-order chi connectivity index (χ0) is 11.7. The molecule has 90 valence electrons. The molecule has 5 nitrogen and oxygen atoms in total. The predicted octanol–water partition coefficient (Wildman–Crippen LogP) is 1.00. The van der Waals surface area contributed by atoms with E-state index in [0.29, 0.717) is 12.6 Å². The first-order chi connectivity index (χ1) is 8.36. The van der Waals surface area contributed by atoms with E-state index in [2.05, 4.69) is 15.4 Å². The topological polar surface area (TPSA) is 68.2 Å². The third-order valence-electron chi connectivity index (χ3n) is 3.28. The lowest BCUT2D eigenvalue weighted by atomic mass is 10.0. The van der Waals surface area contributed by atoms with Gasteiger partial charge in [0, 0.05) is 12.7 Å². The number of pyridine rings is 1. The molecule has 5 heteroatoms.